The van der Waals surface area contributed by atoms with E-state index in [9.17, 15) is 9.59 Å². The molecule has 8 heteroatoms. The van der Waals surface area contributed by atoms with Crippen molar-refractivity contribution in [3.63, 3.8) is 0 Å². The summed E-state index contributed by atoms with van der Waals surface area (Å²) in [4.78, 5) is 24.0. The quantitative estimate of drug-likeness (QED) is 0.209. The van der Waals surface area contributed by atoms with Gasteiger partial charge in [-0.3, -0.25) is 4.79 Å². The molecular weight excluding hydrogens is 411 g/mol. The summed E-state index contributed by atoms with van der Waals surface area (Å²) in [6.07, 6.45) is 4.02. The van der Waals surface area contributed by atoms with Crippen LogP contribution in [0, 0.1) is 0 Å². The highest BCUT2D eigenvalue weighted by Crippen LogP contribution is 2.31. The maximum atomic E-state index is 12.0. The van der Waals surface area contributed by atoms with Crippen molar-refractivity contribution in [2.75, 3.05) is 11.9 Å². The third kappa shape index (κ3) is 9.54. The maximum Gasteiger partial charge on any atom is 0.338 e. The molecule has 0 heterocycles. The molecule has 1 amide bonds. The van der Waals surface area contributed by atoms with Crippen LogP contribution in [0.3, 0.4) is 0 Å². The van der Waals surface area contributed by atoms with E-state index in [0.717, 1.165) is 32.1 Å². The van der Waals surface area contributed by atoms with Gasteiger partial charge in [0, 0.05) is 12.1 Å². The van der Waals surface area contributed by atoms with Gasteiger partial charge in [-0.15, -0.1) is 0 Å². The summed E-state index contributed by atoms with van der Waals surface area (Å²) in [5.74, 6) is -0.569. The van der Waals surface area contributed by atoms with Gasteiger partial charge in [0.25, 0.3) is 0 Å². The fourth-order valence-electron chi connectivity index (χ4n) is 2.23. The van der Waals surface area contributed by atoms with Gasteiger partial charge in [-0.25, -0.2) is 4.79 Å². The second-order valence-electron chi connectivity index (χ2n) is 6.21. The number of carbonyl (C=O) groups excluding carboxylic acids is 2. The number of anilines is 1. The van der Waals surface area contributed by atoms with Crippen LogP contribution >= 0.6 is 34.8 Å². The second-order valence-corrected chi connectivity index (χ2v) is 8.58. The van der Waals surface area contributed by atoms with Crippen LogP contribution in [0.4, 0.5) is 5.69 Å². The number of rotatable bonds is 11. The van der Waals surface area contributed by atoms with Crippen LogP contribution in [-0.4, -0.2) is 28.4 Å². The lowest BCUT2D eigenvalue weighted by Gasteiger charge is -2.27. The first-order valence-electron chi connectivity index (χ1n) is 9.17. The molecule has 1 aromatic rings. The molecule has 2 N–H and O–H groups in total. The molecule has 27 heavy (non-hydrogen) atoms. The lowest BCUT2D eigenvalue weighted by molar-refractivity contribution is -0.121. The molecule has 0 saturated carbocycles. The molecule has 1 rings (SSSR count). The average Bonchev–Trinajstić information content (AvgIpc) is 2.61. The lowest BCUT2D eigenvalue weighted by Crippen LogP contribution is -2.49. The molecular formula is C19H27Cl3N2O3. The number of unbranched alkanes of at least 4 members (excludes halogenated alkanes) is 3. The van der Waals surface area contributed by atoms with Gasteiger partial charge in [0.15, 0.2) is 0 Å². The molecule has 0 aliphatic carbocycles. The maximum absolute atomic E-state index is 12.0. The molecule has 5 nitrogen and oxygen atoms in total. The summed E-state index contributed by atoms with van der Waals surface area (Å²) < 4.78 is 3.43. The van der Waals surface area contributed by atoms with Crippen LogP contribution in [0.15, 0.2) is 24.3 Å². The van der Waals surface area contributed by atoms with Gasteiger partial charge in [-0.05, 0) is 37.1 Å². The smallest absolute Gasteiger partial charge is 0.338 e. The number of hydrogen-bond donors (Lipinski definition) is 2. The zero-order valence-electron chi connectivity index (χ0n) is 15.7. The Balaban J connectivity index is 2.67. The van der Waals surface area contributed by atoms with Crippen molar-refractivity contribution in [1.29, 1.82) is 0 Å². The minimum Gasteiger partial charge on any atom is -0.462 e. The van der Waals surface area contributed by atoms with Crippen LogP contribution in [0.5, 0.6) is 0 Å². The van der Waals surface area contributed by atoms with Crippen LogP contribution in [0.1, 0.15) is 62.7 Å². The SMILES string of the molecule is CCCCCC(=O)N[C@H](Nc1ccc(C(=O)OCCCC)cc1)C(Cl)(Cl)Cl. The summed E-state index contributed by atoms with van der Waals surface area (Å²) in [5.41, 5.74) is 1.04. The van der Waals surface area contributed by atoms with Gasteiger partial charge in [-0.1, -0.05) is 67.9 Å². The number of benzene rings is 1. The molecule has 0 radical (unpaired) electrons. The number of amides is 1. The molecule has 1 aromatic carbocycles. The predicted molar refractivity (Wildman–Crippen MR) is 112 cm³/mol. The number of hydrogen-bond acceptors (Lipinski definition) is 4. The molecule has 0 aromatic heterocycles. The van der Waals surface area contributed by atoms with Gasteiger partial charge >= 0.3 is 5.97 Å². The minimum atomic E-state index is -1.74. The van der Waals surface area contributed by atoms with E-state index in [-0.39, 0.29) is 11.9 Å². The van der Waals surface area contributed by atoms with Crippen molar-refractivity contribution in [2.24, 2.45) is 0 Å². The van der Waals surface area contributed by atoms with Crippen molar-refractivity contribution in [3.8, 4) is 0 Å². The van der Waals surface area contributed by atoms with Crippen LogP contribution in [0.25, 0.3) is 0 Å². The van der Waals surface area contributed by atoms with Crippen molar-refractivity contribution < 1.29 is 14.3 Å². The minimum absolute atomic E-state index is 0.191. The van der Waals surface area contributed by atoms with Crippen molar-refractivity contribution in [2.45, 2.75) is 62.3 Å². The number of ether oxygens (including phenoxy) is 1. The fourth-order valence-corrected chi connectivity index (χ4v) is 2.56. The number of esters is 1. The van der Waals surface area contributed by atoms with Crippen molar-refractivity contribution in [3.05, 3.63) is 29.8 Å². The Morgan fingerprint density at radius 2 is 1.67 bits per heavy atom. The van der Waals surface area contributed by atoms with Crippen molar-refractivity contribution in [1.82, 2.24) is 5.32 Å². The molecule has 0 aliphatic heterocycles. The summed E-state index contributed by atoms with van der Waals surface area (Å²) in [5, 5.41) is 5.68. The van der Waals surface area contributed by atoms with E-state index in [4.69, 9.17) is 39.5 Å². The molecule has 0 saturated heterocycles. The summed E-state index contributed by atoms with van der Waals surface area (Å²) in [7, 11) is 0. The first-order chi connectivity index (χ1) is 12.8. The predicted octanol–water partition coefficient (Wildman–Crippen LogP) is 5.45. The largest absolute Gasteiger partial charge is 0.462 e. The normalized spacial score (nSPS) is 12.3. The molecule has 152 valence electrons. The number of alkyl halides is 3. The number of carbonyl (C=O) groups is 2. The Labute approximate surface area is 176 Å². The van der Waals surface area contributed by atoms with Gasteiger partial charge in [-0.2, -0.15) is 0 Å². The van der Waals surface area contributed by atoms with Crippen LogP contribution < -0.4 is 10.6 Å². The topological polar surface area (TPSA) is 67.4 Å². The standard InChI is InChI=1S/C19H27Cl3N2O3/c1-3-5-7-8-16(25)24-18(19(20,21)22)23-15-11-9-14(10-12-15)17(26)27-13-6-4-2/h9-12,18,23H,3-8,13H2,1-2H3,(H,24,25)/t18-/m0/s1. The summed E-state index contributed by atoms with van der Waals surface area (Å²) in [6, 6.07) is 6.58. The van der Waals surface area contributed by atoms with E-state index < -0.39 is 9.96 Å². The third-order valence-corrected chi connectivity index (χ3v) is 4.46. The van der Waals surface area contributed by atoms with E-state index in [1.54, 1.807) is 24.3 Å². The highest BCUT2D eigenvalue weighted by atomic mass is 35.6. The van der Waals surface area contributed by atoms with Gasteiger partial charge < -0.3 is 15.4 Å². The number of halogens is 3. The molecule has 0 unspecified atom stereocenters. The van der Waals surface area contributed by atoms with Gasteiger partial charge in [0.1, 0.15) is 6.17 Å². The molecule has 0 aliphatic rings. The first-order valence-corrected chi connectivity index (χ1v) is 10.3. The van der Waals surface area contributed by atoms with Gasteiger partial charge in [0.2, 0.25) is 9.70 Å². The lowest BCUT2D eigenvalue weighted by atomic mass is 10.2. The fraction of sp³-hybridized carbons (Fsp3) is 0.579. The zero-order chi connectivity index (χ0) is 20.3. The highest BCUT2D eigenvalue weighted by Gasteiger charge is 2.33. The Hall–Kier alpha value is -1.17. The van der Waals surface area contributed by atoms with E-state index in [2.05, 4.69) is 17.6 Å². The monoisotopic (exact) mass is 436 g/mol. The first kappa shape index (κ1) is 23.9. The Morgan fingerprint density at radius 3 is 2.22 bits per heavy atom. The van der Waals surface area contributed by atoms with E-state index in [1.165, 1.54) is 0 Å². The molecule has 0 bridgehead atoms. The van der Waals surface area contributed by atoms with Crippen LogP contribution in [0.2, 0.25) is 0 Å². The average molecular weight is 438 g/mol. The van der Waals surface area contributed by atoms with Crippen LogP contribution in [-0.2, 0) is 9.53 Å². The third-order valence-electron chi connectivity index (χ3n) is 3.80. The van der Waals surface area contributed by atoms with E-state index >= 15 is 0 Å². The zero-order valence-corrected chi connectivity index (χ0v) is 18.0. The molecule has 1 atom stereocenters. The Bertz CT molecular complexity index is 589. The van der Waals surface area contributed by atoms with E-state index in [1.807, 2.05) is 6.92 Å². The molecule has 0 fully saturated rings. The Kier molecular flexibility index (Phi) is 10.9. The summed E-state index contributed by atoms with van der Waals surface area (Å²) in [6.45, 7) is 4.49. The summed E-state index contributed by atoms with van der Waals surface area (Å²) >= 11 is 18.0. The van der Waals surface area contributed by atoms with Gasteiger partial charge in [0.05, 0.1) is 12.2 Å². The van der Waals surface area contributed by atoms with Crippen molar-refractivity contribution >= 4 is 52.4 Å². The molecule has 0 spiro atoms. The number of nitrogens with one attached hydrogen (secondary N) is 2. The second kappa shape index (κ2) is 12.3. The van der Waals surface area contributed by atoms with E-state index in [0.29, 0.717) is 24.3 Å². The Morgan fingerprint density at radius 1 is 1.04 bits per heavy atom. The highest BCUT2D eigenvalue weighted by molar-refractivity contribution is 6.68.